The fraction of sp³-hybridized carbons (Fsp3) is 0.125. The molecule has 5 nitrogen and oxygen atoms in total. The Balaban J connectivity index is 2.28. The van der Waals surface area contributed by atoms with E-state index in [4.69, 9.17) is 5.26 Å². The van der Waals surface area contributed by atoms with E-state index >= 15 is 0 Å². The van der Waals surface area contributed by atoms with E-state index in [-0.39, 0.29) is 29.8 Å². The van der Waals surface area contributed by atoms with Crippen LogP contribution in [0.25, 0.3) is 0 Å². The lowest BCUT2D eigenvalue weighted by molar-refractivity contribution is 0.0941. The molecule has 0 aliphatic heterocycles. The number of rotatable bonds is 5. The molecule has 1 heterocycles. The second-order valence-corrected chi connectivity index (χ2v) is 4.40. The van der Waals surface area contributed by atoms with Gasteiger partial charge in [0, 0.05) is 18.3 Å². The van der Waals surface area contributed by atoms with Crippen molar-refractivity contribution in [2.45, 2.75) is 6.42 Å². The maximum Gasteiger partial charge on any atom is 0.253 e. The molecule has 6 heteroatoms. The Bertz CT molecular complexity index is 736. The van der Waals surface area contributed by atoms with E-state index in [1.807, 2.05) is 6.07 Å². The number of hydrogen-bond donors (Lipinski definition) is 1. The van der Waals surface area contributed by atoms with Gasteiger partial charge in [0.15, 0.2) is 0 Å². The van der Waals surface area contributed by atoms with Crippen LogP contribution in [0.15, 0.2) is 42.6 Å². The monoisotopic (exact) mass is 297 g/mol. The molecule has 0 saturated heterocycles. The highest BCUT2D eigenvalue weighted by molar-refractivity contribution is 6.14. The molecule has 1 N–H and O–H groups in total. The minimum Gasteiger partial charge on any atom is -0.351 e. The molecular weight excluding hydrogens is 285 g/mol. The number of nitrogens with zero attached hydrogens (tertiary/aromatic N) is 2. The van der Waals surface area contributed by atoms with Crippen molar-refractivity contribution in [3.63, 3.8) is 0 Å². The van der Waals surface area contributed by atoms with Gasteiger partial charge >= 0.3 is 0 Å². The minimum absolute atomic E-state index is 0.0106. The number of carbonyl (C=O) groups is 2. The summed E-state index contributed by atoms with van der Waals surface area (Å²) in [5.74, 6) is -1.40. The van der Waals surface area contributed by atoms with E-state index in [0.717, 1.165) is 0 Å². The van der Waals surface area contributed by atoms with Crippen LogP contribution in [-0.2, 0) is 0 Å². The molecule has 0 unspecified atom stereocenters. The van der Waals surface area contributed by atoms with Crippen LogP contribution < -0.4 is 5.32 Å². The smallest absolute Gasteiger partial charge is 0.253 e. The molecule has 2 rings (SSSR count). The SMILES string of the molecule is N#CCCNC(=O)c1cccnc1C(=O)c1ccc(F)cc1. The van der Waals surface area contributed by atoms with Crippen molar-refractivity contribution in [3.8, 4) is 6.07 Å². The van der Waals surface area contributed by atoms with Gasteiger partial charge in [0.25, 0.3) is 5.91 Å². The van der Waals surface area contributed by atoms with Crippen LogP contribution in [0.4, 0.5) is 4.39 Å². The first-order chi connectivity index (χ1) is 10.6. The number of carbonyl (C=O) groups excluding carboxylic acids is 2. The number of halogens is 1. The van der Waals surface area contributed by atoms with Crippen molar-refractivity contribution in [2.75, 3.05) is 6.54 Å². The predicted octanol–water partition coefficient (Wildman–Crippen LogP) is 2.10. The van der Waals surface area contributed by atoms with E-state index in [1.54, 1.807) is 6.07 Å². The van der Waals surface area contributed by atoms with Crippen molar-refractivity contribution in [2.24, 2.45) is 0 Å². The fourth-order valence-electron chi connectivity index (χ4n) is 1.83. The van der Waals surface area contributed by atoms with Gasteiger partial charge in [-0.05, 0) is 36.4 Å². The highest BCUT2D eigenvalue weighted by atomic mass is 19.1. The third kappa shape index (κ3) is 3.52. The highest BCUT2D eigenvalue weighted by Crippen LogP contribution is 2.13. The van der Waals surface area contributed by atoms with E-state index in [9.17, 15) is 14.0 Å². The van der Waals surface area contributed by atoms with Gasteiger partial charge in [-0.15, -0.1) is 0 Å². The lowest BCUT2D eigenvalue weighted by Gasteiger charge is -2.08. The maximum absolute atomic E-state index is 12.9. The molecule has 1 aromatic carbocycles. The summed E-state index contributed by atoms with van der Waals surface area (Å²) >= 11 is 0. The number of benzene rings is 1. The van der Waals surface area contributed by atoms with Crippen LogP contribution >= 0.6 is 0 Å². The molecule has 1 amide bonds. The molecule has 0 radical (unpaired) electrons. The first-order valence-electron chi connectivity index (χ1n) is 6.54. The van der Waals surface area contributed by atoms with E-state index in [0.29, 0.717) is 0 Å². The zero-order valence-corrected chi connectivity index (χ0v) is 11.5. The molecule has 110 valence electrons. The zero-order chi connectivity index (χ0) is 15.9. The molecule has 0 spiro atoms. The summed E-state index contributed by atoms with van der Waals surface area (Å²) in [5, 5.41) is 11.0. The first-order valence-corrected chi connectivity index (χ1v) is 6.54. The van der Waals surface area contributed by atoms with Crippen LogP contribution in [0, 0.1) is 17.1 Å². The first kappa shape index (κ1) is 15.3. The van der Waals surface area contributed by atoms with Gasteiger partial charge in [0.05, 0.1) is 18.1 Å². The number of hydrogen-bond acceptors (Lipinski definition) is 4. The van der Waals surface area contributed by atoms with Crippen molar-refractivity contribution in [1.29, 1.82) is 5.26 Å². The van der Waals surface area contributed by atoms with Gasteiger partial charge in [0.1, 0.15) is 11.5 Å². The molecule has 0 fully saturated rings. The van der Waals surface area contributed by atoms with E-state index in [1.165, 1.54) is 36.5 Å². The summed E-state index contributed by atoms with van der Waals surface area (Å²) in [6, 6.07) is 9.94. The van der Waals surface area contributed by atoms with Crippen molar-refractivity contribution in [3.05, 3.63) is 65.2 Å². The summed E-state index contributed by atoms with van der Waals surface area (Å²) in [7, 11) is 0. The number of aromatic nitrogens is 1. The van der Waals surface area contributed by atoms with Gasteiger partial charge in [-0.3, -0.25) is 14.6 Å². The largest absolute Gasteiger partial charge is 0.351 e. The van der Waals surface area contributed by atoms with Crippen LogP contribution in [-0.4, -0.2) is 23.2 Å². The molecule has 0 aliphatic carbocycles. The highest BCUT2D eigenvalue weighted by Gasteiger charge is 2.19. The van der Waals surface area contributed by atoms with E-state index < -0.39 is 17.5 Å². The van der Waals surface area contributed by atoms with Crippen molar-refractivity contribution in [1.82, 2.24) is 10.3 Å². The van der Waals surface area contributed by atoms with Crippen LogP contribution in [0.5, 0.6) is 0 Å². The number of pyridine rings is 1. The summed E-state index contributed by atoms with van der Waals surface area (Å²) in [5.41, 5.74) is 0.351. The Hall–Kier alpha value is -3.07. The molecule has 2 aromatic rings. The lowest BCUT2D eigenvalue weighted by atomic mass is 10.0. The second-order valence-electron chi connectivity index (χ2n) is 4.40. The van der Waals surface area contributed by atoms with Crippen molar-refractivity contribution >= 4 is 11.7 Å². The molecule has 0 aliphatic rings. The van der Waals surface area contributed by atoms with Crippen molar-refractivity contribution < 1.29 is 14.0 Å². The normalized spacial score (nSPS) is 9.82. The Morgan fingerprint density at radius 2 is 1.95 bits per heavy atom. The molecule has 0 atom stereocenters. The zero-order valence-electron chi connectivity index (χ0n) is 11.5. The summed E-state index contributed by atoms with van der Waals surface area (Å²) in [4.78, 5) is 28.4. The van der Waals surface area contributed by atoms with Gasteiger partial charge in [-0.2, -0.15) is 5.26 Å². The molecule has 1 aromatic heterocycles. The third-order valence-corrected chi connectivity index (χ3v) is 2.90. The molecular formula is C16H12FN3O2. The molecule has 0 bridgehead atoms. The fourth-order valence-corrected chi connectivity index (χ4v) is 1.83. The van der Waals surface area contributed by atoms with Crippen LogP contribution in [0.1, 0.15) is 32.8 Å². The summed E-state index contributed by atoms with van der Waals surface area (Å²) in [6.45, 7) is 0.189. The summed E-state index contributed by atoms with van der Waals surface area (Å²) < 4.78 is 12.9. The van der Waals surface area contributed by atoms with Crippen LogP contribution in [0.3, 0.4) is 0 Å². The number of nitrogens with one attached hydrogen (secondary N) is 1. The van der Waals surface area contributed by atoms with E-state index in [2.05, 4.69) is 10.3 Å². The molecule has 0 saturated carbocycles. The number of amides is 1. The Morgan fingerprint density at radius 1 is 1.23 bits per heavy atom. The standard InChI is InChI=1S/C16H12FN3O2/c17-12-6-4-11(5-7-12)15(21)14-13(3-1-9-19-14)16(22)20-10-2-8-18/h1,3-7,9H,2,10H2,(H,20,22). The molecule has 22 heavy (non-hydrogen) atoms. The van der Waals surface area contributed by atoms with Crippen LogP contribution in [0.2, 0.25) is 0 Å². The van der Waals surface area contributed by atoms with Gasteiger partial charge in [0.2, 0.25) is 5.78 Å². The topological polar surface area (TPSA) is 82.8 Å². The maximum atomic E-state index is 12.9. The Labute approximate surface area is 126 Å². The Kier molecular flexibility index (Phi) is 4.94. The predicted molar refractivity (Wildman–Crippen MR) is 76.6 cm³/mol. The second kappa shape index (κ2) is 7.09. The Morgan fingerprint density at radius 3 is 2.64 bits per heavy atom. The number of ketones is 1. The summed E-state index contributed by atoms with van der Waals surface area (Å²) in [6.07, 6.45) is 1.58. The average molecular weight is 297 g/mol. The van der Waals surface area contributed by atoms with Gasteiger partial charge in [-0.1, -0.05) is 0 Å². The van der Waals surface area contributed by atoms with Gasteiger partial charge < -0.3 is 5.32 Å². The quantitative estimate of drug-likeness (QED) is 0.676. The van der Waals surface area contributed by atoms with Gasteiger partial charge in [-0.25, -0.2) is 4.39 Å². The minimum atomic E-state index is -0.478. The number of nitriles is 1. The third-order valence-electron chi connectivity index (χ3n) is 2.90. The average Bonchev–Trinajstić information content (AvgIpc) is 2.55. The lowest BCUT2D eigenvalue weighted by Crippen LogP contribution is -2.26.